The van der Waals surface area contributed by atoms with E-state index in [1.807, 2.05) is 0 Å². The summed E-state index contributed by atoms with van der Waals surface area (Å²) in [5.74, 6) is 1.16. The fourth-order valence-corrected chi connectivity index (χ4v) is 3.24. The van der Waals surface area contributed by atoms with Gasteiger partial charge in [0, 0.05) is 17.7 Å². The number of aromatic nitrogens is 4. The minimum atomic E-state index is -0.242. The van der Waals surface area contributed by atoms with Crippen LogP contribution < -0.4 is 24.6 Å². The second-order valence-corrected chi connectivity index (χ2v) is 7.04. The lowest BCUT2D eigenvalue weighted by Crippen LogP contribution is -2.42. The van der Waals surface area contributed by atoms with E-state index in [-0.39, 0.29) is 23.3 Å². The summed E-state index contributed by atoms with van der Waals surface area (Å²) in [4.78, 5) is 12.8. The summed E-state index contributed by atoms with van der Waals surface area (Å²) >= 11 is 6.20. The molecule has 9 nitrogen and oxygen atoms in total. The molecule has 0 aliphatic heterocycles. The molecule has 3 aromatic rings. The van der Waals surface area contributed by atoms with Gasteiger partial charge in [-0.15, -0.1) is 4.68 Å². The molecule has 0 amide bonds. The number of ketones is 1. The van der Waals surface area contributed by atoms with E-state index in [2.05, 4.69) is 17.1 Å². The molecule has 2 N–H and O–H groups in total. The van der Waals surface area contributed by atoms with E-state index >= 15 is 0 Å². The molecular weight excluding hydrogens is 410 g/mol. The van der Waals surface area contributed by atoms with Crippen LogP contribution in [0.15, 0.2) is 24.3 Å². The van der Waals surface area contributed by atoms with Crippen molar-refractivity contribution in [1.82, 2.24) is 14.7 Å². The van der Waals surface area contributed by atoms with Crippen LogP contribution >= 0.6 is 11.6 Å². The topological polar surface area (TPSA) is 105 Å². The minimum Gasteiger partial charge on any atom is -0.493 e. The third-order valence-electron chi connectivity index (χ3n) is 4.54. The van der Waals surface area contributed by atoms with Crippen LogP contribution in [0.25, 0.3) is 5.65 Å². The summed E-state index contributed by atoms with van der Waals surface area (Å²) in [5.41, 5.74) is 7.03. The van der Waals surface area contributed by atoms with Gasteiger partial charge in [0.25, 0.3) is 5.65 Å². The van der Waals surface area contributed by atoms with Gasteiger partial charge in [0.1, 0.15) is 0 Å². The van der Waals surface area contributed by atoms with Gasteiger partial charge in [-0.1, -0.05) is 46.1 Å². The molecule has 160 valence electrons. The second-order valence-electron chi connectivity index (χ2n) is 6.63. The summed E-state index contributed by atoms with van der Waals surface area (Å²) in [5, 5.41) is 8.99. The van der Waals surface area contributed by atoms with Gasteiger partial charge in [-0.25, -0.2) is 0 Å². The molecular formula is C20H25ClN5O4+. The summed E-state index contributed by atoms with van der Waals surface area (Å²) in [6.45, 7) is 2.62. The molecule has 30 heavy (non-hydrogen) atoms. The number of nitrogens with two attached hydrogens (primary N) is 1. The van der Waals surface area contributed by atoms with E-state index < -0.39 is 0 Å². The molecule has 0 spiro atoms. The smallest absolute Gasteiger partial charge is 0.401 e. The Labute approximate surface area is 179 Å². The molecule has 0 radical (unpaired) electrons. The minimum absolute atomic E-state index is 0.0896. The van der Waals surface area contributed by atoms with Crippen molar-refractivity contribution in [2.45, 2.75) is 32.7 Å². The molecule has 10 heteroatoms. The first-order valence-corrected chi connectivity index (χ1v) is 9.99. The zero-order valence-corrected chi connectivity index (χ0v) is 18.0. The van der Waals surface area contributed by atoms with E-state index in [9.17, 15) is 4.79 Å². The molecule has 0 saturated carbocycles. The summed E-state index contributed by atoms with van der Waals surface area (Å²) in [6.07, 6.45) is 3.17. The van der Waals surface area contributed by atoms with Gasteiger partial charge >= 0.3 is 5.95 Å². The summed E-state index contributed by atoms with van der Waals surface area (Å²) < 4.78 is 18.9. The predicted octanol–water partition coefficient (Wildman–Crippen LogP) is 2.72. The number of benzene rings is 1. The molecule has 2 heterocycles. The number of halogens is 1. The summed E-state index contributed by atoms with van der Waals surface area (Å²) in [6, 6.07) is 6.57. The predicted molar refractivity (Wildman–Crippen MR) is 112 cm³/mol. The maximum absolute atomic E-state index is 12.8. The molecule has 3 rings (SSSR count). The van der Waals surface area contributed by atoms with Crippen molar-refractivity contribution >= 4 is 29.0 Å². The molecule has 0 bridgehead atoms. The fourth-order valence-electron chi connectivity index (χ4n) is 2.96. The van der Waals surface area contributed by atoms with E-state index in [0.29, 0.717) is 35.2 Å². The standard InChI is InChI=1S/C20H24ClN5O4/c1-4-5-6-9-30-18-8-7-17-23-25(20(22)26(17)24-18)12-15(27)13-10-14(21)19(29-3)16(11-13)28-2/h7-8,10-11,22H,4-6,9,12H2,1-3H3/p+1. The molecule has 0 aliphatic rings. The molecule has 0 saturated heterocycles. The number of hydrogen-bond donors (Lipinski definition) is 1. The number of hydrogen-bond acceptors (Lipinski definition) is 7. The third kappa shape index (κ3) is 4.56. The SMILES string of the molecule is CCCCCOc1ccc2n[n+](CC(=O)c3cc(Cl)c(OC)c(OC)c3)c(N)n2n1. The lowest BCUT2D eigenvalue weighted by molar-refractivity contribution is -0.723. The Kier molecular flexibility index (Phi) is 6.94. The van der Waals surface area contributed by atoms with Gasteiger partial charge in [-0.2, -0.15) is 0 Å². The Hall–Kier alpha value is -3.07. The van der Waals surface area contributed by atoms with Crippen molar-refractivity contribution in [3.05, 3.63) is 34.9 Å². The Bertz CT molecular complexity index is 1050. The van der Waals surface area contributed by atoms with Crippen LogP contribution in [0, 0.1) is 0 Å². The number of carbonyl (C=O) groups excluding carboxylic acids is 1. The van der Waals surface area contributed by atoms with Crippen LogP contribution in [-0.2, 0) is 6.54 Å². The first-order valence-electron chi connectivity index (χ1n) is 9.61. The Morgan fingerprint density at radius 1 is 1.23 bits per heavy atom. The van der Waals surface area contributed by atoms with Gasteiger partial charge in [-0.3, -0.25) is 10.5 Å². The number of unbranched alkanes of at least 4 members (excludes halogenated alkanes) is 2. The summed E-state index contributed by atoms with van der Waals surface area (Å²) in [7, 11) is 2.96. The van der Waals surface area contributed by atoms with Gasteiger partial charge in [0.05, 0.1) is 25.8 Å². The van der Waals surface area contributed by atoms with Gasteiger partial charge < -0.3 is 14.2 Å². The van der Waals surface area contributed by atoms with Crippen LogP contribution in [0.5, 0.6) is 17.4 Å². The van der Waals surface area contributed by atoms with E-state index in [1.165, 1.54) is 29.5 Å². The number of ether oxygens (including phenoxy) is 3. The number of carbonyl (C=O) groups is 1. The molecule has 1 aromatic carbocycles. The first-order chi connectivity index (χ1) is 14.5. The van der Waals surface area contributed by atoms with Crippen LogP contribution in [0.1, 0.15) is 36.5 Å². The quantitative estimate of drug-likeness (QED) is 0.297. The number of fused-ring (bicyclic) bond motifs is 1. The molecule has 0 fully saturated rings. The molecule has 0 aliphatic carbocycles. The first kappa shape index (κ1) is 21.6. The van der Waals surface area contributed by atoms with Crippen molar-refractivity contribution in [3.63, 3.8) is 0 Å². The monoisotopic (exact) mass is 434 g/mol. The molecule has 2 aromatic heterocycles. The number of rotatable bonds is 10. The zero-order chi connectivity index (χ0) is 21.7. The highest BCUT2D eigenvalue weighted by Crippen LogP contribution is 2.36. The van der Waals surface area contributed by atoms with Crippen molar-refractivity contribution in [1.29, 1.82) is 0 Å². The Morgan fingerprint density at radius 3 is 2.73 bits per heavy atom. The van der Waals surface area contributed by atoms with Crippen LogP contribution in [0.3, 0.4) is 0 Å². The highest BCUT2D eigenvalue weighted by molar-refractivity contribution is 6.32. The second kappa shape index (κ2) is 9.62. The maximum Gasteiger partial charge on any atom is 0.401 e. The molecule has 0 atom stereocenters. The van der Waals surface area contributed by atoms with Crippen molar-refractivity contribution in [3.8, 4) is 17.4 Å². The fraction of sp³-hybridized carbons (Fsp3) is 0.400. The largest absolute Gasteiger partial charge is 0.493 e. The Balaban J connectivity index is 1.81. The average Bonchev–Trinajstić information content (AvgIpc) is 3.05. The lowest BCUT2D eigenvalue weighted by atomic mass is 10.1. The number of Topliss-reactive ketones (excluding diaryl/α,β-unsaturated/α-hetero) is 1. The third-order valence-corrected chi connectivity index (χ3v) is 4.82. The zero-order valence-electron chi connectivity index (χ0n) is 17.2. The highest BCUT2D eigenvalue weighted by Gasteiger charge is 2.22. The van der Waals surface area contributed by atoms with E-state index in [0.717, 1.165) is 19.3 Å². The highest BCUT2D eigenvalue weighted by atomic mass is 35.5. The van der Waals surface area contributed by atoms with Crippen LogP contribution in [0.4, 0.5) is 5.95 Å². The van der Waals surface area contributed by atoms with Crippen LogP contribution in [-0.4, -0.2) is 41.3 Å². The van der Waals surface area contributed by atoms with Gasteiger partial charge in [0.2, 0.25) is 5.88 Å². The Morgan fingerprint density at radius 2 is 2.03 bits per heavy atom. The number of nitrogens with zero attached hydrogens (tertiary/aromatic N) is 4. The number of methoxy groups -OCH3 is 2. The normalized spacial score (nSPS) is 10.9. The number of nitrogen functional groups attached to an aromatic ring is 1. The average molecular weight is 435 g/mol. The van der Waals surface area contributed by atoms with Crippen LogP contribution in [0.2, 0.25) is 5.02 Å². The van der Waals surface area contributed by atoms with Gasteiger partial charge in [-0.05, 0) is 18.6 Å². The van der Waals surface area contributed by atoms with E-state index in [4.69, 9.17) is 31.5 Å². The lowest BCUT2D eigenvalue weighted by Gasteiger charge is -2.10. The van der Waals surface area contributed by atoms with E-state index in [1.54, 1.807) is 18.2 Å². The number of anilines is 1. The molecule has 0 unspecified atom stereocenters. The maximum atomic E-state index is 12.8. The van der Waals surface area contributed by atoms with Crippen molar-refractivity contribution < 1.29 is 23.7 Å². The van der Waals surface area contributed by atoms with Crippen molar-refractivity contribution in [2.75, 3.05) is 26.6 Å². The van der Waals surface area contributed by atoms with Gasteiger partial charge in [0.15, 0.2) is 23.8 Å². The van der Waals surface area contributed by atoms with Crippen molar-refractivity contribution in [2.24, 2.45) is 0 Å².